The van der Waals surface area contributed by atoms with E-state index >= 15 is 0 Å². The predicted octanol–water partition coefficient (Wildman–Crippen LogP) is 1.46. The molecule has 2 unspecified atom stereocenters. The highest BCUT2D eigenvalue weighted by Gasteiger charge is 2.44. The summed E-state index contributed by atoms with van der Waals surface area (Å²) in [5.41, 5.74) is -1.19. The third kappa shape index (κ3) is 3.39. The Bertz CT molecular complexity index is 686. The normalized spacial score (nSPS) is 22.7. The number of aliphatic carboxylic acids is 1. The minimum absolute atomic E-state index is 0.0252. The molecule has 23 heavy (non-hydrogen) atoms. The average molecular weight is 339 g/mol. The van der Waals surface area contributed by atoms with Gasteiger partial charge in [-0.2, -0.15) is 0 Å². The lowest BCUT2D eigenvalue weighted by molar-refractivity contribution is -0.148. The van der Waals surface area contributed by atoms with E-state index in [2.05, 4.69) is 5.32 Å². The van der Waals surface area contributed by atoms with Crippen molar-refractivity contribution >= 4 is 21.7 Å². The van der Waals surface area contributed by atoms with E-state index in [1.807, 2.05) is 0 Å². The van der Waals surface area contributed by atoms with Gasteiger partial charge in [0.25, 0.3) is 0 Å². The summed E-state index contributed by atoms with van der Waals surface area (Å²) in [4.78, 5) is 24.4. The molecule has 1 aliphatic heterocycles. The van der Waals surface area contributed by atoms with Crippen LogP contribution >= 0.6 is 0 Å². The van der Waals surface area contributed by atoms with Crippen LogP contribution in [0.3, 0.4) is 0 Å². The summed E-state index contributed by atoms with van der Waals surface area (Å²) in [7, 11) is -3.52. The fourth-order valence-electron chi connectivity index (χ4n) is 2.96. The van der Waals surface area contributed by atoms with Crippen LogP contribution in [0.15, 0.2) is 30.3 Å². The Morgan fingerprint density at radius 3 is 2.43 bits per heavy atom. The van der Waals surface area contributed by atoms with Gasteiger partial charge in [-0.15, -0.1) is 0 Å². The SMILES string of the molecule is CCC(NC(=O)C1CCCCS1(=O)=O)(C(=O)O)c1ccccc1. The summed E-state index contributed by atoms with van der Waals surface area (Å²) < 4.78 is 24.2. The minimum Gasteiger partial charge on any atom is -0.479 e. The van der Waals surface area contributed by atoms with Crippen LogP contribution in [0.4, 0.5) is 0 Å². The van der Waals surface area contributed by atoms with Crippen molar-refractivity contribution < 1.29 is 23.1 Å². The van der Waals surface area contributed by atoms with Crippen molar-refractivity contribution in [1.82, 2.24) is 5.32 Å². The summed E-state index contributed by atoms with van der Waals surface area (Å²) in [6, 6.07) is 8.36. The first-order valence-electron chi connectivity index (χ1n) is 7.66. The van der Waals surface area contributed by atoms with E-state index in [0.717, 1.165) is 0 Å². The third-order valence-electron chi connectivity index (χ3n) is 4.37. The molecule has 2 N–H and O–H groups in total. The van der Waals surface area contributed by atoms with Crippen molar-refractivity contribution in [2.75, 3.05) is 5.75 Å². The highest BCUT2D eigenvalue weighted by molar-refractivity contribution is 7.92. The number of hydrogen-bond acceptors (Lipinski definition) is 4. The molecule has 7 heteroatoms. The largest absolute Gasteiger partial charge is 0.479 e. The molecule has 1 heterocycles. The van der Waals surface area contributed by atoms with E-state index in [1.54, 1.807) is 37.3 Å². The second kappa shape index (κ2) is 6.70. The van der Waals surface area contributed by atoms with Crippen molar-refractivity contribution in [3.63, 3.8) is 0 Å². The van der Waals surface area contributed by atoms with Crippen LogP contribution in [-0.4, -0.2) is 36.4 Å². The number of sulfone groups is 1. The molecule has 1 saturated heterocycles. The first-order chi connectivity index (χ1) is 10.8. The second-order valence-electron chi connectivity index (χ2n) is 5.77. The maximum absolute atomic E-state index is 12.5. The molecule has 2 atom stereocenters. The zero-order valence-electron chi connectivity index (χ0n) is 13.0. The molecule has 0 aliphatic carbocycles. The van der Waals surface area contributed by atoms with Gasteiger partial charge in [0.2, 0.25) is 5.91 Å². The van der Waals surface area contributed by atoms with Crippen LogP contribution in [0.25, 0.3) is 0 Å². The second-order valence-corrected chi connectivity index (χ2v) is 8.07. The Morgan fingerprint density at radius 1 is 1.26 bits per heavy atom. The Kier molecular flexibility index (Phi) is 5.09. The molecule has 0 bridgehead atoms. The molecule has 0 aromatic heterocycles. The number of nitrogens with one attached hydrogen (secondary N) is 1. The summed E-state index contributed by atoms with van der Waals surface area (Å²) in [6.07, 6.45) is 1.55. The van der Waals surface area contributed by atoms with Crippen LogP contribution in [0.2, 0.25) is 0 Å². The van der Waals surface area contributed by atoms with Crippen molar-refractivity contribution in [2.24, 2.45) is 0 Å². The third-order valence-corrected chi connectivity index (χ3v) is 6.54. The van der Waals surface area contributed by atoms with E-state index in [9.17, 15) is 23.1 Å². The maximum Gasteiger partial charge on any atom is 0.334 e. The maximum atomic E-state index is 12.5. The molecule has 0 spiro atoms. The lowest BCUT2D eigenvalue weighted by atomic mass is 9.87. The lowest BCUT2D eigenvalue weighted by Gasteiger charge is -2.32. The summed E-state index contributed by atoms with van der Waals surface area (Å²) in [6.45, 7) is 1.65. The Hall–Kier alpha value is -1.89. The van der Waals surface area contributed by atoms with Crippen molar-refractivity contribution in [2.45, 2.75) is 43.4 Å². The summed E-state index contributed by atoms with van der Waals surface area (Å²) in [5, 5.41) is 11.0. The molecule has 0 saturated carbocycles. The van der Waals surface area contributed by atoms with Gasteiger partial charge in [0, 0.05) is 0 Å². The molecule has 1 aromatic rings. The van der Waals surface area contributed by atoms with E-state index < -0.39 is 32.5 Å². The molecular formula is C16H21NO5S. The zero-order valence-corrected chi connectivity index (χ0v) is 13.8. The zero-order chi connectivity index (χ0) is 17.1. The van der Waals surface area contributed by atoms with Crippen LogP contribution < -0.4 is 5.32 Å². The molecule has 1 amide bonds. The Balaban J connectivity index is 2.35. The molecule has 0 radical (unpaired) electrons. The summed E-state index contributed by atoms with van der Waals surface area (Å²) in [5.74, 6) is -1.95. The number of hydrogen-bond donors (Lipinski definition) is 2. The molecular weight excluding hydrogens is 318 g/mol. The molecule has 1 fully saturated rings. The van der Waals surface area contributed by atoms with Crippen molar-refractivity contribution in [3.8, 4) is 0 Å². The number of amides is 1. The van der Waals surface area contributed by atoms with Gasteiger partial charge < -0.3 is 10.4 Å². The molecule has 2 rings (SSSR count). The van der Waals surface area contributed by atoms with E-state index in [1.165, 1.54) is 0 Å². The first kappa shape index (κ1) is 17.5. The van der Waals surface area contributed by atoms with E-state index in [0.29, 0.717) is 18.4 Å². The number of carbonyl (C=O) groups is 2. The first-order valence-corrected chi connectivity index (χ1v) is 9.37. The standard InChI is InChI=1S/C16H21NO5S/c1-2-16(15(19)20,12-8-4-3-5-9-12)17-14(18)13-10-6-7-11-23(13,21)22/h3-5,8-9,13H,2,6-7,10-11H2,1H3,(H,17,18)(H,19,20). The Labute approximate surface area is 135 Å². The van der Waals surface area contributed by atoms with Crippen molar-refractivity contribution in [3.05, 3.63) is 35.9 Å². The van der Waals surface area contributed by atoms with Gasteiger partial charge in [-0.1, -0.05) is 43.7 Å². The van der Waals surface area contributed by atoms with Gasteiger partial charge in [0.1, 0.15) is 5.25 Å². The topological polar surface area (TPSA) is 101 Å². The van der Waals surface area contributed by atoms with Crippen LogP contribution in [0, 0.1) is 0 Å². The molecule has 126 valence electrons. The highest BCUT2D eigenvalue weighted by atomic mass is 32.2. The quantitative estimate of drug-likeness (QED) is 0.846. The Morgan fingerprint density at radius 2 is 1.91 bits per heavy atom. The number of carbonyl (C=O) groups excluding carboxylic acids is 1. The lowest BCUT2D eigenvalue weighted by Crippen LogP contribution is -2.56. The monoisotopic (exact) mass is 339 g/mol. The van der Waals surface area contributed by atoms with Gasteiger partial charge >= 0.3 is 5.97 Å². The predicted molar refractivity (Wildman–Crippen MR) is 85.6 cm³/mol. The smallest absolute Gasteiger partial charge is 0.334 e. The molecule has 1 aromatic carbocycles. The van der Waals surface area contributed by atoms with E-state index in [4.69, 9.17) is 0 Å². The number of carboxylic acids is 1. The van der Waals surface area contributed by atoms with Crippen LogP contribution in [-0.2, 0) is 25.0 Å². The number of benzene rings is 1. The summed E-state index contributed by atoms with van der Waals surface area (Å²) >= 11 is 0. The minimum atomic E-state index is -3.52. The average Bonchev–Trinajstić information content (AvgIpc) is 2.52. The van der Waals surface area contributed by atoms with Crippen LogP contribution in [0.1, 0.15) is 38.2 Å². The van der Waals surface area contributed by atoms with Crippen molar-refractivity contribution in [1.29, 1.82) is 0 Å². The van der Waals surface area contributed by atoms with Gasteiger partial charge in [-0.25, -0.2) is 13.2 Å². The van der Waals surface area contributed by atoms with Gasteiger partial charge in [0.15, 0.2) is 15.4 Å². The molecule has 1 aliphatic rings. The number of carboxylic acid groups (broad SMARTS) is 1. The fraction of sp³-hybridized carbons (Fsp3) is 0.500. The fourth-order valence-corrected chi connectivity index (χ4v) is 4.76. The van der Waals surface area contributed by atoms with E-state index in [-0.39, 0.29) is 18.6 Å². The van der Waals surface area contributed by atoms with Gasteiger partial charge in [-0.3, -0.25) is 4.79 Å². The highest BCUT2D eigenvalue weighted by Crippen LogP contribution is 2.27. The van der Waals surface area contributed by atoms with Gasteiger partial charge in [-0.05, 0) is 24.8 Å². The van der Waals surface area contributed by atoms with Gasteiger partial charge in [0.05, 0.1) is 5.75 Å². The molecule has 6 nitrogen and oxygen atoms in total. The number of rotatable bonds is 5. The van der Waals surface area contributed by atoms with Crippen LogP contribution in [0.5, 0.6) is 0 Å².